The lowest BCUT2D eigenvalue weighted by atomic mass is 9.68. The maximum Gasteiger partial charge on any atom is 0.323 e. The van der Waals surface area contributed by atoms with Crippen LogP contribution >= 0.6 is 0 Å². The first-order valence-corrected chi connectivity index (χ1v) is 13.9. The molecule has 8 rings (SSSR count). The number of benzene rings is 4. The Bertz CT molecular complexity index is 1590. The summed E-state index contributed by atoms with van der Waals surface area (Å²) in [5, 5.41) is 44.0. The highest BCUT2D eigenvalue weighted by Gasteiger charge is 2.81. The van der Waals surface area contributed by atoms with Crippen LogP contribution in [0.2, 0.25) is 0 Å². The zero-order valence-electron chi connectivity index (χ0n) is 22.4. The lowest BCUT2D eigenvalue weighted by Gasteiger charge is -2.49. The van der Waals surface area contributed by atoms with Crippen molar-refractivity contribution in [3.63, 3.8) is 0 Å². The van der Waals surface area contributed by atoms with E-state index in [1.165, 1.54) is 24.3 Å². The molecule has 4 aliphatic heterocycles. The fraction of sp³-hybridized carbons (Fsp3) is 0.212. The average Bonchev–Trinajstić information content (AvgIpc) is 3.17. The molecule has 9 heteroatoms. The fourth-order valence-electron chi connectivity index (χ4n) is 8.16. The first kappa shape index (κ1) is 24.6. The molecule has 0 spiro atoms. The van der Waals surface area contributed by atoms with E-state index in [0.29, 0.717) is 27.8 Å². The number of nitrogens with zero attached hydrogens (tertiary/aromatic N) is 3. The van der Waals surface area contributed by atoms with Crippen LogP contribution < -0.4 is 0 Å². The molecule has 0 aromatic heterocycles. The summed E-state index contributed by atoms with van der Waals surface area (Å²) in [6.45, 7) is -0.167. The van der Waals surface area contributed by atoms with E-state index in [9.17, 15) is 30.0 Å². The van der Waals surface area contributed by atoms with E-state index in [2.05, 4.69) is 0 Å². The van der Waals surface area contributed by atoms with Crippen molar-refractivity contribution >= 4 is 11.9 Å². The summed E-state index contributed by atoms with van der Waals surface area (Å²) in [5.74, 6) is -1.38. The third-order valence-corrected chi connectivity index (χ3v) is 9.78. The fourth-order valence-corrected chi connectivity index (χ4v) is 8.16. The van der Waals surface area contributed by atoms with Crippen molar-refractivity contribution in [3.8, 4) is 23.0 Å². The molecule has 4 aliphatic rings. The number of aromatic hydroxyl groups is 4. The molecule has 3 amide bonds. The number of carbonyl (C=O) groups excluding carboxylic acids is 2. The summed E-state index contributed by atoms with van der Waals surface area (Å²) in [7, 11) is 0. The van der Waals surface area contributed by atoms with Gasteiger partial charge in [-0.05, 0) is 36.2 Å². The standard InChI is InChI=1S/C33H27N3O6/c37-26-11-12-27(38)22-17-35-31(42)36-18-24-23(28(39)13-14-29(24)40)16-34-30(41)25(15-21(22)26)32(35,19-7-3-1-4-8-19)33(34,36)20-9-5-2-6-10-20/h1-14,25,37-40H,15-18H2/t25?,32-,33-/m1/s1. The van der Waals surface area contributed by atoms with Crippen molar-refractivity contribution in [1.82, 2.24) is 14.7 Å². The molecule has 0 bridgehead atoms. The molecule has 1 unspecified atom stereocenters. The third kappa shape index (κ3) is 2.68. The van der Waals surface area contributed by atoms with E-state index in [0.717, 1.165) is 5.56 Å². The molecule has 0 aliphatic carbocycles. The van der Waals surface area contributed by atoms with Crippen molar-refractivity contribution in [2.45, 2.75) is 37.3 Å². The van der Waals surface area contributed by atoms with E-state index in [1.807, 2.05) is 60.7 Å². The lowest BCUT2D eigenvalue weighted by molar-refractivity contribution is -0.139. The average molecular weight is 562 g/mol. The second-order valence-electron chi connectivity index (χ2n) is 11.4. The van der Waals surface area contributed by atoms with Crippen molar-refractivity contribution in [2.24, 2.45) is 5.92 Å². The predicted octanol–water partition coefficient (Wildman–Crippen LogP) is 4.22. The van der Waals surface area contributed by atoms with Crippen LogP contribution in [0, 0.1) is 5.92 Å². The van der Waals surface area contributed by atoms with E-state index >= 15 is 0 Å². The van der Waals surface area contributed by atoms with E-state index < -0.39 is 23.2 Å². The van der Waals surface area contributed by atoms with Crippen LogP contribution in [0.25, 0.3) is 0 Å². The summed E-state index contributed by atoms with van der Waals surface area (Å²) in [6, 6.07) is 24.1. The quantitative estimate of drug-likeness (QED) is 0.272. The Morgan fingerprint density at radius 2 is 1.00 bits per heavy atom. The van der Waals surface area contributed by atoms with Gasteiger partial charge in [-0.2, -0.15) is 0 Å². The van der Waals surface area contributed by atoms with Crippen molar-refractivity contribution in [2.75, 3.05) is 0 Å². The Labute approximate surface area is 241 Å². The molecule has 0 radical (unpaired) electrons. The molecular weight excluding hydrogens is 534 g/mol. The number of phenols is 4. The molecule has 2 saturated heterocycles. The van der Waals surface area contributed by atoms with Crippen LogP contribution in [-0.4, -0.2) is 47.1 Å². The lowest BCUT2D eigenvalue weighted by Crippen LogP contribution is -2.60. The Balaban J connectivity index is 1.54. The summed E-state index contributed by atoms with van der Waals surface area (Å²) >= 11 is 0. The minimum atomic E-state index is -1.40. The van der Waals surface area contributed by atoms with Gasteiger partial charge in [0.15, 0.2) is 5.66 Å². The number of hydrogen-bond acceptors (Lipinski definition) is 6. The molecule has 4 aromatic carbocycles. The van der Waals surface area contributed by atoms with E-state index in [1.54, 1.807) is 14.7 Å². The molecule has 4 N–H and O–H groups in total. The van der Waals surface area contributed by atoms with Gasteiger partial charge in [-0.3, -0.25) is 9.69 Å². The largest absolute Gasteiger partial charge is 0.508 e. The number of carbonyl (C=O) groups is 2. The van der Waals surface area contributed by atoms with Gasteiger partial charge in [0, 0.05) is 27.8 Å². The van der Waals surface area contributed by atoms with Gasteiger partial charge in [-0.25, -0.2) is 4.79 Å². The maximum atomic E-state index is 15.0. The zero-order valence-corrected chi connectivity index (χ0v) is 22.4. The van der Waals surface area contributed by atoms with Crippen LogP contribution in [0.4, 0.5) is 4.79 Å². The number of rotatable bonds is 2. The summed E-state index contributed by atoms with van der Waals surface area (Å²) in [4.78, 5) is 34.9. The SMILES string of the molecule is O=C1C2Cc3c(O)ccc(O)c3CN3C(=O)N4Cc5c(O)ccc(O)c5CN1[C@@]4(c1ccccc1)[C@@]23c1ccccc1. The highest BCUT2D eigenvalue weighted by Crippen LogP contribution is 2.68. The van der Waals surface area contributed by atoms with Gasteiger partial charge in [0.2, 0.25) is 5.91 Å². The van der Waals surface area contributed by atoms with Gasteiger partial charge in [0.1, 0.15) is 28.5 Å². The molecule has 3 atom stereocenters. The molecule has 4 aromatic rings. The van der Waals surface area contributed by atoms with Gasteiger partial charge >= 0.3 is 6.03 Å². The van der Waals surface area contributed by atoms with E-state index in [4.69, 9.17) is 0 Å². The topological polar surface area (TPSA) is 125 Å². The van der Waals surface area contributed by atoms with Crippen LogP contribution in [0.3, 0.4) is 0 Å². The number of urea groups is 1. The highest BCUT2D eigenvalue weighted by molar-refractivity contribution is 5.94. The van der Waals surface area contributed by atoms with E-state index in [-0.39, 0.29) is 55.0 Å². The van der Waals surface area contributed by atoms with Gasteiger partial charge in [-0.1, -0.05) is 60.7 Å². The normalized spacial score (nSPS) is 25.5. The van der Waals surface area contributed by atoms with Crippen LogP contribution in [0.5, 0.6) is 23.0 Å². The highest BCUT2D eigenvalue weighted by atomic mass is 16.3. The van der Waals surface area contributed by atoms with Crippen LogP contribution in [0.1, 0.15) is 33.4 Å². The van der Waals surface area contributed by atoms with Crippen molar-refractivity contribution in [1.29, 1.82) is 0 Å². The minimum absolute atomic E-state index is 0.0481. The molecule has 42 heavy (non-hydrogen) atoms. The Morgan fingerprint density at radius 3 is 1.57 bits per heavy atom. The first-order valence-electron chi connectivity index (χ1n) is 13.9. The second kappa shape index (κ2) is 8.19. The van der Waals surface area contributed by atoms with Gasteiger partial charge in [0.05, 0.1) is 25.6 Å². The maximum absolute atomic E-state index is 15.0. The predicted molar refractivity (Wildman–Crippen MR) is 150 cm³/mol. The molecule has 2 fully saturated rings. The number of amides is 3. The number of hydrogen-bond donors (Lipinski definition) is 4. The van der Waals surface area contributed by atoms with Crippen LogP contribution in [0.15, 0.2) is 84.9 Å². The third-order valence-electron chi connectivity index (χ3n) is 9.78. The Kier molecular flexibility index (Phi) is 4.80. The summed E-state index contributed by atoms with van der Waals surface area (Å²) in [5.41, 5.74) is 0.304. The van der Waals surface area contributed by atoms with Gasteiger partial charge in [0.25, 0.3) is 0 Å². The van der Waals surface area contributed by atoms with Crippen LogP contribution in [-0.2, 0) is 42.1 Å². The smallest absolute Gasteiger partial charge is 0.323 e. The zero-order chi connectivity index (χ0) is 29.0. The molecule has 4 heterocycles. The minimum Gasteiger partial charge on any atom is -0.508 e. The molecule has 210 valence electrons. The summed E-state index contributed by atoms with van der Waals surface area (Å²) in [6.07, 6.45) is 0.0743. The monoisotopic (exact) mass is 561 g/mol. The van der Waals surface area contributed by atoms with Crippen molar-refractivity contribution < 1.29 is 30.0 Å². The second-order valence-corrected chi connectivity index (χ2v) is 11.4. The number of fused-ring (bicyclic) bond motifs is 2. The van der Waals surface area contributed by atoms with Gasteiger partial charge in [-0.15, -0.1) is 0 Å². The summed E-state index contributed by atoms with van der Waals surface area (Å²) < 4.78 is 0. The molecule has 9 nitrogen and oxygen atoms in total. The number of phenolic OH excluding ortho intramolecular Hbond substituents is 4. The Hall–Kier alpha value is -5.18. The Morgan fingerprint density at radius 1 is 0.548 bits per heavy atom. The van der Waals surface area contributed by atoms with Crippen molar-refractivity contribution in [3.05, 3.63) is 118 Å². The first-order chi connectivity index (χ1) is 20.3. The molecule has 0 saturated carbocycles. The van der Waals surface area contributed by atoms with Gasteiger partial charge < -0.3 is 30.2 Å². The molecular formula is C33H27N3O6.